The highest BCUT2D eigenvalue weighted by atomic mass is 19.4. The molecule has 3 aromatic rings. The number of anilines is 1. The minimum absolute atomic E-state index is 0.249. The number of aryl methyl sites for hydroxylation is 1. The van der Waals surface area contributed by atoms with E-state index in [2.05, 4.69) is 41.4 Å². The molecule has 1 saturated heterocycles. The first-order chi connectivity index (χ1) is 17.8. The normalized spacial score (nSPS) is 14.4. The molecule has 198 valence electrons. The van der Waals surface area contributed by atoms with Gasteiger partial charge in [-0.15, -0.1) is 0 Å². The number of benzene rings is 3. The van der Waals surface area contributed by atoms with Gasteiger partial charge in [0.2, 0.25) is 0 Å². The molecule has 4 nitrogen and oxygen atoms in total. The molecule has 37 heavy (non-hydrogen) atoms. The van der Waals surface area contributed by atoms with E-state index in [9.17, 15) is 13.2 Å². The Bertz CT molecular complexity index is 1170. The van der Waals surface area contributed by atoms with Crippen molar-refractivity contribution in [2.24, 2.45) is 0 Å². The van der Waals surface area contributed by atoms with Crippen LogP contribution in [0.5, 0.6) is 11.5 Å². The van der Waals surface area contributed by atoms with Gasteiger partial charge in [0.25, 0.3) is 0 Å². The summed E-state index contributed by atoms with van der Waals surface area (Å²) in [5.41, 5.74) is 4.49. The second kappa shape index (κ2) is 11.9. The monoisotopic (exact) mass is 512 g/mol. The number of halogens is 3. The predicted octanol–water partition coefficient (Wildman–Crippen LogP) is 7.10. The molecule has 3 aromatic carbocycles. The zero-order valence-electron chi connectivity index (χ0n) is 21.7. The Balaban J connectivity index is 1.67. The highest BCUT2D eigenvalue weighted by molar-refractivity contribution is 5.70. The summed E-state index contributed by atoms with van der Waals surface area (Å²) >= 11 is 0. The van der Waals surface area contributed by atoms with Crippen LogP contribution in [0.3, 0.4) is 0 Å². The minimum Gasteiger partial charge on any atom is -0.493 e. The van der Waals surface area contributed by atoms with Crippen LogP contribution >= 0.6 is 0 Å². The fourth-order valence-electron chi connectivity index (χ4n) is 5.10. The molecule has 0 bridgehead atoms. The molecule has 0 saturated carbocycles. The first kappa shape index (κ1) is 26.9. The van der Waals surface area contributed by atoms with Gasteiger partial charge in [0.1, 0.15) is 0 Å². The van der Waals surface area contributed by atoms with Crippen molar-refractivity contribution in [1.29, 1.82) is 0 Å². The summed E-state index contributed by atoms with van der Waals surface area (Å²) in [6.45, 7) is 4.54. The number of hydrogen-bond acceptors (Lipinski definition) is 4. The van der Waals surface area contributed by atoms with Crippen molar-refractivity contribution < 1.29 is 22.6 Å². The van der Waals surface area contributed by atoms with Crippen LogP contribution in [0.2, 0.25) is 0 Å². The average Bonchev–Trinajstić information content (AvgIpc) is 2.91. The summed E-state index contributed by atoms with van der Waals surface area (Å²) in [4.78, 5) is 2.25. The highest BCUT2D eigenvalue weighted by Crippen LogP contribution is 2.38. The molecule has 0 amide bonds. The molecular weight excluding hydrogens is 477 g/mol. The lowest BCUT2D eigenvalue weighted by atomic mass is 9.97. The quantitative estimate of drug-likeness (QED) is 0.332. The summed E-state index contributed by atoms with van der Waals surface area (Å²) in [5, 5.41) is 3.38. The lowest BCUT2D eigenvalue weighted by Gasteiger charge is -2.37. The molecular formula is C30H35F3N2O2. The molecule has 0 spiro atoms. The molecule has 1 aliphatic rings. The second-order valence-electron chi connectivity index (χ2n) is 9.47. The maximum Gasteiger partial charge on any atom is 0.416 e. The lowest BCUT2D eigenvalue weighted by Crippen LogP contribution is -2.43. The van der Waals surface area contributed by atoms with Gasteiger partial charge in [0.15, 0.2) is 11.5 Å². The number of rotatable bonds is 9. The third kappa shape index (κ3) is 6.39. The summed E-state index contributed by atoms with van der Waals surface area (Å²) in [5.74, 6) is 1.47. The molecule has 1 heterocycles. The highest BCUT2D eigenvalue weighted by Gasteiger charge is 2.30. The van der Waals surface area contributed by atoms with Gasteiger partial charge >= 0.3 is 6.18 Å². The van der Waals surface area contributed by atoms with E-state index < -0.39 is 11.7 Å². The summed E-state index contributed by atoms with van der Waals surface area (Å²) in [6, 6.07) is 18.3. The Labute approximate surface area is 217 Å². The zero-order chi connectivity index (χ0) is 26.4. The van der Waals surface area contributed by atoms with Crippen molar-refractivity contribution in [3.8, 4) is 22.6 Å². The van der Waals surface area contributed by atoms with E-state index in [1.54, 1.807) is 26.4 Å². The van der Waals surface area contributed by atoms with E-state index in [0.717, 1.165) is 72.5 Å². The Morgan fingerprint density at radius 2 is 1.65 bits per heavy atom. The Morgan fingerprint density at radius 1 is 0.919 bits per heavy atom. The van der Waals surface area contributed by atoms with Gasteiger partial charge in [-0.05, 0) is 97.1 Å². The fourth-order valence-corrected chi connectivity index (χ4v) is 5.10. The number of hydrogen-bond donors (Lipinski definition) is 1. The topological polar surface area (TPSA) is 33.7 Å². The molecule has 7 heteroatoms. The van der Waals surface area contributed by atoms with Crippen LogP contribution in [0, 0.1) is 0 Å². The van der Waals surface area contributed by atoms with E-state index in [-0.39, 0.29) is 6.04 Å². The first-order valence-corrected chi connectivity index (χ1v) is 12.8. The SMILES string of the molecule is CCCc1cc(-c2cccc(CN(c3ccc(C(F)(F)F)cc3)C3CCNCC3)c2)cc(OC)c1OC. The largest absolute Gasteiger partial charge is 0.493 e. The number of alkyl halides is 3. The van der Waals surface area contributed by atoms with E-state index in [1.807, 2.05) is 12.1 Å². The number of nitrogens with one attached hydrogen (secondary N) is 1. The van der Waals surface area contributed by atoms with Crippen LogP contribution in [-0.2, 0) is 19.1 Å². The smallest absolute Gasteiger partial charge is 0.416 e. The maximum absolute atomic E-state index is 13.2. The molecule has 0 aliphatic carbocycles. The molecule has 1 N–H and O–H groups in total. The summed E-state index contributed by atoms with van der Waals surface area (Å²) in [7, 11) is 3.31. The van der Waals surface area contributed by atoms with Crippen molar-refractivity contribution in [2.75, 3.05) is 32.2 Å². The Hall–Kier alpha value is -3.19. The van der Waals surface area contributed by atoms with E-state index in [4.69, 9.17) is 9.47 Å². The molecule has 4 rings (SSSR count). The lowest BCUT2D eigenvalue weighted by molar-refractivity contribution is -0.137. The van der Waals surface area contributed by atoms with Gasteiger partial charge in [0.05, 0.1) is 19.8 Å². The van der Waals surface area contributed by atoms with Crippen molar-refractivity contribution in [3.05, 3.63) is 77.4 Å². The average molecular weight is 513 g/mol. The predicted molar refractivity (Wildman–Crippen MR) is 142 cm³/mol. The van der Waals surface area contributed by atoms with Gasteiger partial charge in [-0.2, -0.15) is 13.2 Å². The molecule has 1 fully saturated rings. The molecule has 1 aliphatic heterocycles. The van der Waals surface area contributed by atoms with Crippen LogP contribution in [-0.4, -0.2) is 33.4 Å². The number of piperidine rings is 1. The first-order valence-electron chi connectivity index (χ1n) is 12.8. The van der Waals surface area contributed by atoms with Crippen molar-refractivity contribution in [3.63, 3.8) is 0 Å². The van der Waals surface area contributed by atoms with Crippen LogP contribution < -0.4 is 19.7 Å². The molecule has 0 aromatic heterocycles. The van der Waals surface area contributed by atoms with Crippen LogP contribution in [0.4, 0.5) is 18.9 Å². The molecule has 0 atom stereocenters. The van der Waals surface area contributed by atoms with Crippen molar-refractivity contribution in [2.45, 2.75) is 51.4 Å². The summed E-state index contributed by atoms with van der Waals surface area (Å²) < 4.78 is 50.8. The second-order valence-corrected chi connectivity index (χ2v) is 9.47. The van der Waals surface area contributed by atoms with E-state index in [1.165, 1.54) is 12.1 Å². The zero-order valence-corrected chi connectivity index (χ0v) is 21.7. The van der Waals surface area contributed by atoms with Crippen molar-refractivity contribution >= 4 is 5.69 Å². The van der Waals surface area contributed by atoms with Gasteiger partial charge in [0, 0.05) is 18.3 Å². The van der Waals surface area contributed by atoms with Gasteiger partial charge in [-0.25, -0.2) is 0 Å². The van der Waals surface area contributed by atoms with Gasteiger partial charge in [-0.3, -0.25) is 0 Å². The van der Waals surface area contributed by atoms with Gasteiger partial charge in [-0.1, -0.05) is 31.5 Å². The van der Waals surface area contributed by atoms with E-state index >= 15 is 0 Å². The summed E-state index contributed by atoms with van der Waals surface area (Å²) in [6.07, 6.45) is -0.595. The number of ether oxygens (including phenoxy) is 2. The van der Waals surface area contributed by atoms with Crippen LogP contribution in [0.25, 0.3) is 11.1 Å². The van der Waals surface area contributed by atoms with Gasteiger partial charge < -0.3 is 19.7 Å². The standard InChI is InChI=1S/C30H35F3N2O2/c1-4-6-23-18-24(19-28(36-2)29(23)37-3)22-8-5-7-21(17-22)20-35(27-13-15-34-16-14-27)26-11-9-25(10-12-26)30(31,32)33/h5,7-12,17-19,27,34H,4,6,13-16,20H2,1-3H3. The Kier molecular flexibility index (Phi) is 8.64. The number of nitrogens with zero attached hydrogens (tertiary/aromatic N) is 1. The van der Waals surface area contributed by atoms with Crippen LogP contribution in [0.15, 0.2) is 60.7 Å². The van der Waals surface area contributed by atoms with Crippen molar-refractivity contribution in [1.82, 2.24) is 5.32 Å². The number of methoxy groups -OCH3 is 2. The third-order valence-corrected chi connectivity index (χ3v) is 6.96. The maximum atomic E-state index is 13.2. The van der Waals surface area contributed by atoms with Crippen LogP contribution in [0.1, 0.15) is 42.9 Å². The molecule has 0 radical (unpaired) electrons. The Morgan fingerprint density at radius 3 is 2.27 bits per heavy atom. The van der Waals surface area contributed by atoms with E-state index in [0.29, 0.717) is 12.3 Å². The minimum atomic E-state index is -4.34. The third-order valence-electron chi connectivity index (χ3n) is 6.96. The molecule has 0 unspecified atom stereocenters. The fraction of sp³-hybridized carbons (Fsp3) is 0.400.